The number of amides is 2. The maximum Gasteiger partial charge on any atom is 0.308 e. The average Bonchev–Trinajstić information content (AvgIpc) is 3.44. The van der Waals surface area contributed by atoms with Crippen LogP contribution in [0.5, 0.6) is 0 Å². The number of hydrogen-bond acceptors (Lipinski definition) is 4. The van der Waals surface area contributed by atoms with Gasteiger partial charge in [-0.2, -0.15) is 0 Å². The Balaban J connectivity index is 1.19. The van der Waals surface area contributed by atoms with Gasteiger partial charge in [0.2, 0.25) is 11.8 Å². The standard InChI is InChI=1S/C42H70N2O5/c1-27(2)29-17-22-42(37(49)43-25-13-11-9-10-12-14-34(46)44-26-28(3)36(47)48)24-23-40(7)30(35(29)42)15-16-32-39(6)20-19-33(45)38(4,5)31(39)18-21-41(32,40)8/h28-33,35,45H,1,9-26H2,2-8H3,(H,43,49)(H,44,46)(H,47,48)/t28-,29-,30+,31-,32-,33-,35+,39-,40+,41+,42-/m0/s1. The van der Waals surface area contributed by atoms with Gasteiger partial charge >= 0.3 is 5.97 Å². The molecule has 0 radical (unpaired) electrons. The summed E-state index contributed by atoms with van der Waals surface area (Å²) >= 11 is 0. The van der Waals surface area contributed by atoms with Crippen molar-refractivity contribution < 1.29 is 24.6 Å². The zero-order valence-electron chi connectivity index (χ0n) is 32.1. The first kappa shape index (κ1) is 38.3. The van der Waals surface area contributed by atoms with Crippen LogP contribution in [0.2, 0.25) is 0 Å². The molecule has 49 heavy (non-hydrogen) atoms. The number of allylic oxidation sites excluding steroid dienone is 1. The van der Waals surface area contributed by atoms with Crippen molar-refractivity contribution in [3.05, 3.63) is 12.2 Å². The lowest BCUT2D eigenvalue weighted by Gasteiger charge is -2.72. The Morgan fingerprint density at radius 2 is 1.49 bits per heavy atom. The number of nitrogens with one attached hydrogen (secondary N) is 2. The third kappa shape index (κ3) is 6.54. The smallest absolute Gasteiger partial charge is 0.308 e. The zero-order chi connectivity index (χ0) is 36.0. The molecule has 5 aliphatic carbocycles. The number of carbonyl (C=O) groups is 3. The minimum absolute atomic E-state index is 0.0393. The van der Waals surface area contributed by atoms with E-state index in [1.807, 2.05) is 0 Å². The van der Waals surface area contributed by atoms with Crippen LogP contribution in [-0.4, -0.2) is 47.2 Å². The van der Waals surface area contributed by atoms with Crippen molar-refractivity contribution in [2.24, 2.45) is 62.6 Å². The van der Waals surface area contributed by atoms with Crippen LogP contribution in [0.3, 0.4) is 0 Å². The van der Waals surface area contributed by atoms with E-state index >= 15 is 0 Å². The Kier molecular flexibility index (Phi) is 11.2. The zero-order valence-corrected chi connectivity index (χ0v) is 32.1. The molecule has 5 fully saturated rings. The molecular weight excluding hydrogens is 612 g/mol. The van der Waals surface area contributed by atoms with Crippen LogP contribution in [0, 0.1) is 62.6 Å². The summed E-state index contributed by atoms with van der Waals surface area (Å²) in [4.78, 5) is 37.3. The van der Waals surface area contributed by atoms with Gasteiger partial charge in [-0.3, -0.25) is 14.4 Å². The van der Waals surface area contributed by atoms with E-state index in [0.717, 1.165) is 70.6 Å². The maximum atomic E-state index is 14.4. The number of aliphatic hydroxyl groups is 1. The van der Waals surface area contributed by atoms with Crippen LogP contribution in [0.15, 0.2) is 12.2 Å². The summed E-state index contributed by atoms with van der Waals surface area (Å²) in [7, 11) is 0. The highest BCUT2D eigenvalue weighted by atomic mass is 16.4. The second kappa shape index (κ2) is 14.3. The lowest BCUT2D eigenvalue weighted by atomic mass is 9.32. The van der Waals surface area contributed by atoms with Gasteiger partial charge in [-0.25, -0.2) is 0 Å². The number of carbonyl (C=O) groups excluding carboxylic acids is 2. The number of carboxylic acids is 1. The highest BCUT2D eigenvalue weighted by Crippen LogP contribution is 2.77. The van der Waals surface area contributed by atoms with Crippen LogP contribution in [0.25, 0.3) is 0 Å². The molecule has 5 aliphatic rings. The van der Waals surface area contributed by atoms with Gasteiger partial charge in [0.25, 0.3) is 0 Å². The summed E-state index contributed by atoms with van der Waals surface area (Å²) in [5.74, 6) is 1.27. The van der Waals surface area contributed by atoms with Crippen molar-refractivity contribution in [3.63, 3.8) is 0 Å². The Labute approximate surface area is 297 Å². The van der Waals surface area contributed by atoms with Gasteiger partial charge in [-0.15, -0.1) is 0 Å². The van der Waals surface area contributed by atoms with Crippen LogP contribution in [0.1, 0.15) is 151 Å². The summed E-state index contributed by atoms with van der Waals surface area (Å²) < 4.78 is 0. The lowest BCUT2D eigenvalue weighted by molar-refractivity contribution is -0.246. The number of unbranched alkanes of at least 4 members (excludes halogenated alkanes) is 4. The lowest BCUT2D eigenvalue weighted by Crippen LogP contribution is -2.67. The Morgan fingerprint density at radius 3 is 2.18 bits per heavy atom. The molecule has 278 valence electrons. The summed E-state index contributed by atoms with van der Waals surface area (Å²) in [5, 5.41) is 26.2. The molecule has 0 heterocycles. The molecule has 4 N–H and O–H groups in total. The first-order chi connectivity index (χ1) is 23.0. The SMILES string of the molecule is C=C(C)[C@@H]1CC[C@]2(C(=O)NCCCCCCCC(=O)NC[C@H](C)C(=O)O)CC[C@]3(C)[C@H](CC[C@H]4[C@@]5(C)CC[C@H](O)C(C)(C)[C@@H]5CC[C@]43C)[C@@H]12. The van der Waals surface area contributed by atoms with Gasteiger partial charge in [0.15, 0.2) is 0 Å². The van der Waals surface area contributed by atoms with Crippen molar-refractivity contribution in [1.82, 2.24) is 10.6 Å². The minimum atomic E-state index is -0.896. The highest BCUT2D eigenvalue weighted by Gasteiger charge is 2.71. The maximum absolute atomic E-state index is 14.4. The summed E-state index contributed by atoms with van der Waals surface area (Å²) in [6.45, 7) is 21.7. The van der Waals surface area contributed by atoms with Crippen molar-refractivity contribution in [2.45, 2.75) is 157 Å². The molecule has 0 aromatic rings. The van der Waals surface area contributed by atoms with Gasteiger partial charge in [-0.1, -0.05) is 73.0 Å². The van der Waals surface area contributed by atoms with Gasteiger partial charge in [0.05, 0.1) is 17.4 Å². The normalized spacial score (nSPS) is 41.3. The van der Waals surface area contributed by atoms with E-state index in [1.54, 1.807) is 6.92 Å². The highest BCUT2D eigenvalue weighted by molar-refractivity contribution is 5.84. The molecule has 5 saturated carbocycles. The summed E-state index contributed by atoms with van der Waals surface area (Å²) in [6, 6.07) is 0. The van der Waals surface area contributed by atoms with Crippen molar-refractivity contribution in [2.75, 3.05) is 13.1 Å². The fourth-order valence-corrected chi connectivity index (χ4v) is 13.3. The van der Waals surface area contributed by atoms with E-state index in [1.165, 1.54) is 31.3 Å². The number of carboxylic acid groups (broad SMARTS) is 1. The number of aliphatic hydroxyl groups excluding tert-OH is 1. The molecule has 5 rings (SSSR count). The largest absolute Gasteiger partial charge is 0.481 e. The molecule has 0 spiro atoms. The predicted molar refractivity (Wildman–Crippen MR) is 195 cm³/mol. The van der Waals surface area contributed by atoms with Gasteiger partial charge in [-0.05, 0) is 135 Å². The quantitative estimate of drug-likeness (QED) is 0.115. The van der Waals surface area contributed by atoms with E-state index < -0.39 is 11.9 Å². The molecule has 0 unspecified atom stereocenters. The molecule has 0 aromatic heterocycles. The molecular formula is C42H70N2O5. The Bertz CT molecular complexity index is 1260. The number of hydrogen-bond donors (Lipinski definition) is 4. The molecule has 0 saturated heterocycles. The van der Waals surface area contributed by atoms with Crippen LogP contribution in [-0.2, 0) is 14.4 Å². The fraction of sp³-hybridized carbons (Fsp3) is 0.881. The second-order valence-corrected chi connectivity index (χ2v) is 19.0. The molecule has 2 amide bonds. The van der Waals surface area contributed by atoms with Crippen LogP contribution in [0.4, 0.5) is 0 Å². The summed E-state index contributed by atoms with van der Waals surface area (Å²) in [5.41, 5.74) is 1.62. The van der Waals surface area contributed by atoms with Crippen molar-refractivity contribution in [1.29, 1.82) is 0 Å². The van der Waals surface area contributed by atoms with Crippen LogP contribution >= 0.6 is 0 Å². The molecule has 11 atom stereocenters. The van der Waals surface area contributed by atoms with E-state index in [9.17, 15) is 19.5 Å². The first-order valence-corrected chi connectivity index (χ1v) is 20.1. The Morgan fingerprint density at radius 1 is 0.796 bits per heavy atom. The average molecular weight is 683 g/mol. The number of fused-ring (bicyclic) bond motifs is 7. The Hall–Kier alpha value is -1.89. The van der Waals surface area contributed by atoms with Gasteiger partial charge in [0.1, 0.15) is 0 Å². The van der Waals surface area contributed by atoms with E-state index in [-0.39, 0.29) is 45.6 Å². The third-order valence-electron chi connectivity index (χ3n) is 16.4. The van der Waals surface area contributed by atoms with E-state index in [4.69, 9.17) is 5.11 Å². The fourth-order valence-electron chi connectivity index (χ4n) is 13.3. The predicted octanol–water partition coefficient (Wildman–Crippen LogP) is 8.30. The van der Waals surface area contributed by atoms with Crippen LogP contribution < -0.4 is 10.6 Å². The molecule has 0 bridgehead atoms. The molecule has 7 nitrogen and oxygen atoms in total. The van der Waals surface area contributed by atoms with Crippen molar-refractivity contribution in [3.8, 4) is 0 Å². The first-order valence-electron chi connectivity index (χ1n) is 20.1. The van der Waals surface area contributed by atoms with Crippen molar-refractivity contribution >= 4 is 17.8 Å². The molecule has 0 aromatic carbocycles. The monoisotopic (exact) mass is 683 g/mol. The van der Waals surface area contributed by atoms with E-state index in [2.05, 4.69) is 58.8 Å². The summed E-state index contributed by atoms with van der Waals surface area (Å²) in [6.07, 6.45) is 16.1. The van der Waals surface area contributed by atoms with Gasteiger partial charge < -0.3 is 20.8 Å². The molecule has 7 heteroatoms. The minimum Gasteiger partial charge on any atom is -0.481 e. The topological polar surface area (TPSA) is 116 Å². The second-order valence-electron chi connectivity index (χ2n) is 19.0. The van der Waals surface area contributed by atoms with Gasteiger partial charge in [0, 0.05) is 19.5 Å². The number of rotatable bonds is 13. The molecule has 0 aliphatic heterocycles. The third-order valence-corrected chi connectivity index (χ3v) is 16.4. The van der Waals surface area contributed by atoms with E-state index in [0.29, 0.717) is 48.5 Å². The number of aliphatic carboxylic acids is 1.